The van der Waals surface area contributed by atoms with E-state index in [1.54, 1.807) is 12.1 Å². The third-order valence-electron chi connectivity index (χ3n) is 7.31. The van der Waals surface area contributed by atoms with Gasteiger partial charge in [-0.3, -0.25) is 4.79 Å². The number of amides is 1. The van der Waals surface area contributed by atoms with Gasteiger partial charge in [0.15, 0.2) is 0 Å². The molecule has 1 aliphatic heterocycles. The molecular formula is C28H35FN4O. The first-order valence-electron chi connectivity index (χ1n) is 12.1. The first kappa shape index (κ1) is 24.0. The third-order valence-corrected chi connectivity index (χ3v) is 7.31. The molecule has 34 heavy (non-hydrogen) atoms. The summed E-state index contributed by atoms with van der Waals surface area (Å²) in [6.45, 7) is 12.4. The van der Waals surface area contributed by atoms with Crippen LogP contribution in [0.25, 0.3) is 0 Å². The number of anilines is 1. The predicted molar refractivity (Wildman–Crippen MR) is 135 cm³/mol. The van der Waals surface area contributed by atoms with Gasteiger partial charge in [-0.15, -0.1) is 0 Å². The molecular weight excluding hydrogens is 427 g/mol. The van der Waals surface area contributed by atoms with Crippen LogP contribution in [0.15, 0.2) is 48.5 Å². The number of benzene rings is 2. The van der Waals surface area contributed by atoms with Crippen molar-refractivity contribution in [3.05, 3.63) is 82.3 Å². The molecule has 3 aromatic rings. The molecule has 2 aromatic carbocycles. The highest BCUT2D eigenvalue weighted by molar-refractivity contribution is 6.00. The summed E-state index contributed by atoms with van der Waals surface area (Å²) in [6.07, 6.45) is 2.32. The minimum atomic E-state index is -0.466. The molecule has 0 aliphatic carbocycles. The van der Waals surface area contributed by atoms with Crippen LogP contribution in [0.1, 0.15) is 85.7 Å². The number of aryl methyl sites for hydroxylation is 2. The molecule has 1 unspecified atom stereocenters. The monoisotopic (exact) mass is 462 g/mol. The fraction of sp³-hybridized carbons (Fsp3) is 0.429. The maximum absolute atomic E-state index is 13.8. The molecule has 0 saturated carbocycles. The van der Waals surface area contributed by atoms with E-state index in [0.29, 0.717) is 17.1 Å². The van der Waals surface area contributed by atoms with E-state index in [1.165, 1.54) is 17.7 Å². The van der Waals surface area contributed by atoms with E-state index in [-0.39, 0.29) is 23.3 Å². The van der Waals surface area contributed by atoms with Crippen LogP contribution in [-0.2, 0) is 11.1 Å². The van der Waals surface area contributed by atoms with Gasteiger partial charge in [-0.05, 0) is 70.2 Å². The number of nitrogens with zero attached hydrogens (tertiary/aromatic N) is 2. The second-order valence-electron chi connectivity index (χ2n) is 10.1. The van der Waals surface area contributed by atoms with Crippen LogP contribution in [0, 0.1) is 19.7 Å². The number of carbonyl (C=O) groups is 1. The average Bonchev–Trinajstić information content (AvgIpc) is 3.15. The van der Waals surface area contributed by atoms with E-state index in [2.05, 4.69) is 69.5 Å². The molecule has 1 aliphatic rings. The van der Waals surface area contributed by atoms with Crippen molar-refractivity contribution in [2.24, 2.45) is 0 Å². The summed E-state index contributed by atoms with van der Waals surface area (Å²) in [5.74, 6) is 0.322. The zero-order valence-electron chi connectivity index (χ0n) is 21.0. The van der Waals surface area contributed by atoms with E-state index >= 15 is 0 Å². The summed E-state index contributed by atoms with van der Waals surface area (Å²) < 4.78 is 15.5. The normalized spacial score (nSPS) is 17.1. The molecule has 4 rings (SSSR count). The highest BCUT2D eigenvalue weighted by Gasteiger charge is 2.39. The summed E-state index contributed by atoms with van der Waals surface area (Å²) in [5, 5.41) is 11.7. The Labute approximate surface area is 201 Å². The van der Waals surface area contributed by atoms with Crippen LogP contribution < -0.4 is 10.6 Å². The van der Waals surface area contributed by atoms with Crippen molar-refractivity contribution in [3.8, 4) is 0 Å². The maximum Gasteiger partial charge on any atom is 0.257 e. The molecule has 0 saturated heterocycles. The Balaban J connectivity index is 1.72. The Morgan fingerprint density at radius 2 is 1.74 bits per heavy atom. The van der Waals surface area contributed by atoms with Crippen LogP contribution in [0.3, 0.4) is 0 Å². The fourth-order valence-corrected chi connectivity index (χ4v) is 5.13. The molecule has 2 heterocycles. The second kappa shape index (κ2) is 8.90. The third kappa shape index (κ3) is 4.22. The SMILES string of the molecule is CCC(CC)(NC(=O)c1c(C)nn2c1NC(c1ccc(F)cc1)CC2(C)C)c1ccc(C)cc1. The van der Waals surface area contributed by atoms with Gasteiger partial charge in [0.1, 0.15) is 17.2 Å². The lowest BCUT2D eigenvalue weighted by Crippen LogP contribution is -2.45. The molecule has 1 amide bonds. The average molecular weight is 463 g/mol. The number of hydrogen-bond donors (Lipinski definition) is 2. The summed E-state index contributed by atoms with van der Waals surface area (Å²) in [4.78, 5) is 13.8. The quantitative estimate of drug-likeness (QED) is 0.447. The van der Waals surface area contributed by atoms with Gasteiger partial charge in [0.25, 0.3) is 5.91 Å². The molecule has 0 radical (unpaired) electrons. The van der Waals surface area contributed by atoms with Crippen molar-refractivity contribution < 1.29 is 9.18 Å². The Morgan fingerprint density at radius 3 is 2.32 bits per heavy atom. The summed E-state index contributed by atoms with van der Waals surface area (Å²) in [5.41, 5.74) is 3.76. The topological polar surface area (TPSA) is 59.0 Å². The molecule has 1 atom stereocenters. The molecule has 6 heteroatoms. The molecule has 2 N–H and O–H groups in total. The van der Waals surface area contributed by atoms with Gasteiger partial charge in [-0.25, -0.2) is 9.07 Å². The van der Waals surface area contributed by atoms with Gasteiger partial charge in [-0.2, -0.15) is 5.10 Å². The molecule has 0 bridgehead atoms. The minimum Gasteiger partial charge on any atom is -0.363 e. The molecule has 1 aromatic heterocycles. The lowest BCUT2D eigenvalue weighted by Gasteiger charge is -2.38. The number of fused-ring (bicyclic) bond motifs is 1. The molecule has 180 valence electrons. The number of nitrogens with one attached hydrogen (secondary N) is 2. The summed E-state index contributed by atoms with van der Waals surface area (Å²) in [7, 11) is 0. The maximum atomic E-state index is 13.8. The first-order chi connectivity index (χ1) is 16.1. The van der Waals surface area contributed by atoms with E-state index in [1.807, 2.05) is 11.6 Å². The van der Waals surface area contributed by atoms with E-state index in [9.17, 15) is 9.18 Å². The second-order valence-corrected chi connectivity index (χ2v) is 10.1. The molecule has 0 spiro atoms. The Bertz CT molecular complexity index is 1170. The Morgan fingerprint density at radius 1 is 1.12 bits per heavy atom. The van der Waals surface area contributed by atoms with Crippen LogP contribution in [0.4, 0.5) is 10.2 Å². The predicted octanol–water partition coefficient (Wildman–Crippen LogP) is 6.38. The highest BCUT2D eigenvalue weighted by Crippen LogP contribution is 2.41. The number of hydrogen-bond acceptors (Lipinski definition) is 3. The van der Waals surface area contributed by atoms with Gasteiger partial charge in [0, 0.05) is 0 Å². The van der Waals surface area contributed by atoms with E-state index in [4.69, 9.17) is 5.10 Å². The van der Waals surface area contributed by atoms with Crippen molar-refractivity contribution in [1.82, 2.24) is 15.1 Å². The summed E-state index contributed by atoms with van der Waals surface area (Å²) >= 11 is 0. The van der Waals surface area contributed by atoms with Gasteiger partial charge < -0.3 is 10.6 Å². The van der Waals surface area contributed by atoms with Crippen molar-refractivity contribution in [3.63, 3.8) is 0 Å². The van der Waals surface area contributed by atoms with Crippen molar-refractivity contribution in [2.45, 2.75) is 77.9 Å². The van der Waals surface area contributed by atoms with Crippen molar-refractivity contribution in [1.29, 1.82) is 0 Å². The molecule has 0 fully saturated rings. The van der Waals surface area contributed by atoms with E-state index < -0.39 is 5.54 Å². The zero-order chi connectivity index (χ0) is 24.7. The van der Waals surface area contributed by atoms with Crippen molar-refractivity contribution in [2.75, 3.05) is 5.32 Å². The van der Waals surface area contributed by atoms with Crippen LogP contribution in [-0.4, -0.2) is 15.7 Å². The number of rotatable bonds is 6. The lowest BCUT2D eigenvalue weighted by atomic mass is 9.84. The van der Waals surface area contributed by atoms with Crippen LogP contribution in [0.5, 0.6) is 0 Å². The van der Waals surface area contributed by atoms with E-state index in [0.717, 1.165) is 30.4 Å². The van der Waals surface area contributed by atoms with Crippen LogP contribution in [0.2, 0.25) is 0 Å². The zero-order valence-corrected chi connectivity index (χ0v) is 21.0. The van der Waals surface area contributed by atoms with Gasteiger partial charge in [0.2, 0.25) is 0 Å². The minimum absolute atomic E-state index is 0.0510. The Kier molecular flexibility index (Phi) is 6.28. The van der Waals surface area contributed by atoms with Crippen LogP contribution >= 0.6 is 0 Å². The van der Waals surface area contributed by atoms with Gasteiger partial charge >= 0.3 is 0 Å². The number of carbonyl (C=O) groups excluding carboxylic acids is 1. The lowest BCUT2D eigenvalue weighted by molar-refractivity contribution is 0.0889. The number of halogens is 1. The molecule has 5 nitrogen and oxygen atoms in total. The largest absolute Gasteiger partial charge is 0.363 e. The van der Waals surface area contributed by atoms with Crippen molar-refractivity contribution >= 4 is 11.7 Å². The Hall–Kier alpha value is -3.15. The number of aromatic nitrogens is 2. The highest BCUT2D eigenvalue weighted by atomic mass is 19.1. The van der Waals surface area contributed by atoms with Gasteiger partial charge in [-0.1, -0.05) is 55.8 Å². The fourth-order valence-electron chi connectivity index (χ4n) is 5.13. The first-order valence-corrected chi connectivity index (χ1v) is 12.1. The summed E-state index contributed by atoms with van der Waals surface area (Å²) in [6, 6.07) is 14.9. The standard InChI is InChI=1S/C28H35FN4O/c1-7-28(8-2,21-13-9-18(3)10-14-21)31-26(34)24-19(4)32-33-25(24)30-23(17-27(33,5)6)20-11-15-22(29)16-12-20/h9-16,23,30H,7-8,17H2,1-6H3,(H,31,34). The smallest absolute Gasteiger partial charge is 0.257 e. The van der Waals surface area contributed by atoms with Gasteiger partial charge in [0.05, 0.1) is 22.8 Å².